The molecule has 32 heavy (non-hydrogen) atoms. The summed E-state index contributed by atoms with van der Waals surface area (Å²) in [4.78, 5) is 19.9. The van der Waals surface area contributed by atoms with Gasteiger partial charge in [0, 0.05) is 30.9 Å². The number of piperidine rings is 1. The smallest absolute Gasteiger partial charge is 0.240 e. The van der Waals surface area contributed by atoms with Gasteiger partial charge in [-0.2, -0.15) is 5.26 Å². The van der Waals surface area contributed by atoms with Gasteiger partial charge in [-0.3, -0.25) is 9.69 Å². The maximum Gasteiger partial charge on any atom is 0.240 e. The molecule has 1 aromatic rings. The standard InChI is InChI=1S/C25H30FN5O/c1-14(30-19(11-27)8-17-9-22(17)30)21(28)13-29-12-20-10-23(29)25(32)31(20)24(15-2-3-15)16-4-6-18(26)7-5-16/h4-7,15,17,19-24H,1-3,8-10,12-13,28H2/t17?,19?,20-,21?,22-,23?,24?/m0/s1. The molecule has 5 fully saturated rings. The SMILES string of the molecule is C=C(C(N)CN1C[C@@H]2CC1C(=O)N2C(c1ccc(F)cc1)C1CC1)N1C(C#N)CC2C[C@@H]21. The van der Waals surface area contributed by atoms with Gasteiger partial charge in [-0.15, -0.1) is 0 Å². The maximum absolute atomic E-state index is 13.5. The fourth-order valence-corrected chi connectivity index (χ4v) is 6.52. The molecule has 168 valence electrons. The Morgan fingerprint density at radius 2 is 2.00 bits per heavy atom. The Labute approximate surface area is 188 Å². The summed E-state index contributed by atoms with van der Waals surface area (Å²) < 4.78 is 13.5. The highest BCUT2D eigenvalue weighted by Crippen LogP contribution is 2.51. The summed E-state index contributed by atoms with van der Waals surface area (Å²) in [5, 5.41) is 9.50. The number of hydrogen-bond acceptors (Lipinski definition) is 5. The van der Waals surface area contributed by atoms with E-state index in [1.165, 1.54) is 12.1 Å². The predicted octanol–water partition coefficient (Wildman–Crippen LogP) is 2.39. The van der Waals surface area contributed by atoms with Crippen molar-refractivity contribution in [2.75, 3.05) is 13.1 Å². The van der Waals surface area contributed by atoms with Crippen molar-refractivity contribution in [2.24, 2.45) is 17.6 Å². The molecule has 1 amide bonds. The van der Waals surface area contributed by atoms with Crippen molar-refractivity contribution >= 4 is 5.91 Å². The first-order valence-corrected chi connectivity index (χ1v) is 11.9. The first kappa shape index (κ1) is 20.2. The molecule has 3 saturated heterocycles. The van der Waals surface area contributed by atoms with Gasteiger partial charge in [0.25, 0.3) is 0 Å². The summed E-state index contributed by atoms with van der Waals surface area (Å²) in [6, 6.07) is 9.20. The van der Waals surface area contributed by atoms with Gasteiger partial charge in [0.2, 0.25) is 5.91 Å². The molecule has 2 N–H and O–H groups in total. The van der Waals surface area contributed by atoms with E-state index in [4.69, 9.17) is 5.73 Å². The van der Waals surface area contributed by atoms with Gasteiger partial charge in [0.05, 0.1) is 24.2 Å². The highest BCUT2D eigenvalue weighted by molar-refractivity contribution is 5.86. The fraction of sp³-hybridized carbons (Fsp3) is 0.600. The van der Waals surface area contributed by atoms with Crippen LogP contribution in [0.2, 0.25) is 0 Å². The summed E-state index contributed by atoms with van der Waals surface area (Å²) >= 11 is 0. The molecule has 0 radical (unpaired) electrons. The number of carbonyl (C=O) groups is 1. The van der Waals surface area contributed by atoms with Gasteiger partial charge in [0.1, 0.15) is 11.9 Å². The van der Waals surface area contributed by atoms with E-state index >= 15 is 0 Å². The topological polar surface area (TPSA) is 76.6 Å². The fourth-order valence-electron chi connectivity index (χ4n) is 6.52. The monoisotopic (exact) mass is 435 g/mol. The van der Waals surface area contributed by atoms with E-state index in [1.54, 1.807) is 0 Å². The highest BCUT2D eigenvalue weighted by Gasteiger charge is 2.56. The number of nitrogens with two attached hydrogens (primary N) is 1. The molecule has 7 heteroatoms. The number of rotatable bonds is 7. The van der Waals surface area contributed by atoms with Gasteiger partial charge in [0.15, 0.2) is 0 Å². The van der Waals surface area contributed by atoms with E-state index in [-0.39, 0.29) is 41.9 Å². The minimum Gasteiger partial charge on any atom is -0.355 e. The Bertz CT molecular complexity index is 985. The normalized spacial score (nSPS) is 35.0. The van der Waals surface area contributed by atoms with Crippen LogP contribution in [0.5, 0.6) is 0 Å². The Morgan fingerprint density at radius 1 is 1.25 bits per heavy atom. The zero-order chi connectivity index (χ0) is 22.1. The number of benzene rings is 1. The molecular weight excluding hydrogens is 405 g/mol. The number of halogens is 1. The van der Waals surface area contributed by atoms with E-state index in [2.05, 4.69) is 27.3 Å². The Hall–Kier alpha value is -2.43. The molecule has 0 spiro atoms. The second kappa shape index (κ2) is 7.29. The van der Waals surface area contributed by atoms with Crippen LogP contribution in [-0.2, 0) is 4.79 Å². The van der Waals surface area contributed by atoms with Gasteiger partial charge < -0.3 is 15.5 Å². The molecule has 6 nitrogen and oxygen atoms in total. The zero-order valence-electron chi connectivity index (χ0n) is 18.2. The first-order valence-electron chi connectivity index (χ1n) is 11.9. The van der Waals surface area contributed by atoms with Crippen molar-refractivity contribution in [3.63, 3.8) is 0 Å². The van der Waals surface area contributed by atoms with Crippen molar-refractivity contribution < 1.29 is 9.18 Å². The van der Waals surface area contributed by atoms with E-state index in [9.17, 15) is 14.4 Å². The molecule has 2 saturated carbocycles. The van der Waals surface area contributed by atoms with Crippen LogP contribution in [0.1, 0.15) is 43.7 Å². The number of carbonyl (C=O) groups excluding carboxylic acids is 1. The van der Waals surface area contributed by atoms with Gasteiger partial charge in [-0.1, -0.05) is 18.7 Å². The summed E-state index contributed by atoms with van der Waals surface area (Å²) in [6.07, 6.45) is 5.13. The van der Waals surface area contributed by atoms with E-state index < -0.39 is 0 Å². The quantitative estimate of drug-likeness (QED) is 0.712. The number of likely N-dealkylation sites (tertiary alicyclic amines) is 3. The summed E-state index contributed by atoms with van der Waals surface area (Å²) in [5.41, 5.74) is 8.44. The van der Waals surface area contributed by atoms with Crippen LogP contribution in [0.25, 0.3) is 0 Å². The maximum atomic E-state index is 13.5. The number of nitrogens with zero attached hydrogens (tertiary/aromatic N) is 4. The van der Waals surface area contributed by atoms with Crippen LogP contribution in [0.3, 0.4) is 0 Å². The Kier molecular flexibility index (Phi) is 4.60. The number of nitriles is 1. The third-order valence-electron chi connectivity index (χ3n) is 8.34. The lowest BCUT2D eigenvalue weighted by Gasteiger charge is -2.40. The van der Waals surface area contributed by atoms with E-state index in [1.807, 2.05) is 12.1 Å². The van der Waals surface area contributed by atoms with Crippen molar-refractivity contribution in [1.82, 2.24) is 14.7 Å². The molecular formula is C25H30FN5O. The van der Waals surface area contributed by atoms with Crippen molar-refractivity contribution in [2.45, 2.75) is 68.4 Å². The molecule has 2 aliphatic carbocycles. The Balaban J connectivity index is 1.14. The van der Waals surface area contributed by atoms with Crippen LogP contribution in [0.15, 0.2) is 36.5 Å². The molecule has 7 atom stereocenters. The predicted molar refractivity (Wildman–Crippen MR) is 117 cm³/mol. The van der Waals surface area contributed by atoms with Crippen LogP contribution in [0, 0.1) is 29.0 Å². The van der Waals surface area contributed by atoms with Gasteiger partial charge in [-0.05, 0) is 61.6 Å². The average molecular weight is 436 g/mol. The average Bonchev–Trinajstić information content (AvgIpc) is 3.67. The number of hydrogen-bond donors (Lipinski definition) is 1. The second-order valence-corrected chi connectivity index (χ2v) is 10.4. The van der Waals surface area contributed by atoms with Crippen molar-refractivity contribution in [3.05, 3.63) is 47.9 Å². The second-order valence-electron chi connectivity index (χ2n) is 10.4. The number of fused-ring (bicyclic) bond motifs is 3. The molecule has 2 bridgehead atoms. The van der Waals surface area contributed by atoms with Crippen LogP contribution in [-0.4, -0.2) is 63.9 Å². The van der Waals surface area contributed by atoms with Crippen molar-refractivity contribution in [3.8, 4) is 6.07 Å². The van der Waals surface area contributed by atoms with Gasteiger partial charge in [-0.25, -0.2) is 4.39 Å². The molecule has 1 aromatic carbocycles. The van der Waals surface area contributed by atoms with Crippen LogP contribution < -0.4 is 5.73 Å². The zero-order valence-corrected chi connectivity index (χ0v) is 18.2. The van der Waals surface area contributed by atoms with Crippen molar-refractivity contribution in [1.29, 1.82) is 5.26 Å². The summed E-state index contributed by atoms with van der Waals surface area (Å²) in [7, 11) is 0. The molecule has 5 aliphatic rings. The van der Waals surface area contributed by atoms with E-state index in [0.29, 0.717) is 24.4 Å². The minimum atomic E-state index is -0.276. The lowest BCUT2D eigenvalue weighted by Crippen LogP contribution is -2.55. The van der Waals surface area contributed by atoms with E-state index in [0.717, 1.165) is 49.9 Å². The lowest BCUT2D eigenvalue weighted by molar-refractivity contribution is -0.140. The largest absolute Gasteiger partial charge is 0.355 e. The first-order chi connectivity index (χ1) is 15.5. The molecule has 3 aliphatic heterocycles. The molecule has 0 aromatic heterocycles. The molecule has 3 heterocycles. The minimum absolute atomic E-state index is 0.0525. The third kappa shape index (κ3) is 3.15. The summed E-state index contributed by atoms with van der Waals surface area (Å²) in [5.74, 6) is 1.03. The lowest BCUT2D eigenvalue weighted by atomic mass is 9.99. The number of amides is 1. The highest BCUT2D eigenvalue weighted by atomic mass is 19.1. The summed E-state index contributed by atoms with van der Waals surface area (Å²) in [6.45, 7) is 5.66. The van der Waals surface area contributed by atoms with Crippen LogP contribution in [0.4, 0.5) is 4.39 Å². The Morgan fingerprint density at radius 3 is 2.66 bits per heavy atom. The molecule has 5 unspecified atom stereocenters. The number of piperazine rings is 1. The van der Waals surface area contributed by atoms with Crippen LogP contribution >= 0.6 is 0 Å². The molecule has 6 rings (SSSR count). The van der Waals surface area contributed by atoms with Gasteiger partial charge >= 0.3 is 0 Å². The third-order valence-corrected chi connectivity index (χ3v) is 8.34.